The Kier molecular flexibility index (Phi) is 6.23. The van der Waals surface area contributed by atoms with Crippen molar-refractivity contribution in [2.45, 2.75) is 37.1 Å². The number of hydrogen-bond donors (Lipinski definition) is 2. The molecule has 0 aliphatic rings. The average molecular weight is 278 g/mol. The summed E-state index contributed by atoms with van der Waals surface area (Å²) >= 11 is 1.48. The lowest BCUT2D eigenvalue weighted by Gasteiger charge is -2.17. The van der Waals surface area contributed by atoms with Crippen molar-refractivity contribution in [2.24, 2.45) is 0 Å². The van der Waals surface area contributed by atoms with Gasteiger partial charge in [0.2, 0.25) is 0 Å². The van der Waals surface area contributed by atoms with Crippen LogP contribution in [0.5, 0.6) is 0 Å². The van der Waals surface area contributed by atoms with Crippen LogP contribution in [0.1, 0.15) is 31.7 Å². The lowest BCUT2D eigenvalue weighted by atomic mass is 10.1. The summed E-state index contributed by atoms with van der Waals surface area (Å²) in [5.74, 6) is -0.883. The van der Waals surface area contributed by atoms with E-state index in [2.05, 4.69) is 11.4 Å². The number of aliphatic carboxylic acids is 1. The maximum absolute atomic E-state index is 11.2. The molecule has 1 rings (SSSR count). The van der Waals surface area contributed by atoms with Crippen molar-refractivity contribution in [3.05, 3.63) is 23.8 Å². The van der Waals surface area contributed by atoms with Crippen LogP contribution in [0.25, 0.3) is 0 Å². The number of hydrogen-bond acceptors (Lipinski definition) is 4. The highest BCUT2D eigenvalue weighted by atomic mass is 32.2. The molecule has 0 fully saturated rings. The molecule has 0 aliphatic carbocycles. The van der Waals surface area contributed by atoms with E-state index in [9.17, 15) is 15.2 Å². The van der Waals surface area contributed by atoms with Crippen molar-refractivity contribution in [1.82, 2.24) is 0 Å². The van der Waals surface area contributed by atoms with E-state index in [1.807, 2.05) is 25.3 Å². The molecule has 0 aromatic heterocycles. The minimum absolute atomic E-state index is 0.512. The Hall–Kier alpha value is -1.67. The van der Waals surface area contributed by atoms with Crippen molar-refractivity contribution in [2.75, 3.05) is 11.6 Å². The number of benzene rings is 1. The number of unbranched alkanes of at least 4 members (excludes halogenated alkanes) is 1. The number of carboxylic acids is 1. The fourth-order valence-corrected chi connectivity index (χ4v) is 2.36. The van der Waals surface area contributed by atoms with Crippen LogP contribution >= 0.6 is 11.8 Å². The number of nitrogens with one attached hydrogen (secondary N) is 1. The lowest BCUT2D eigenvalue weighted by Crippen LogP contribution is -2.29. The highest BCUT2D eigenvalue weighted by Gasteiger charge is 2.18. The first-order chi connectivity index (χ1) is 9.13. The van der Waals surface area contributed by atoms with E-state index in [0.29, 0.717) is 17.7 Å². The highest BCUT2D eigenvalue weighted by molar-refractivity contribution is 7.98. The summed E-state index contributed by atoms with van der Waals surface area (Å²) in [5.41, 5.74) is 1.11. The van der Waals surface area contributed by atoms with E-state index in [1.54, 1.807) is 6.07 Å². The van der Waals surface area contributed by atoms with Gasteiger partial charge in [-0.2, -0.15) is 5.26 Å². The summed E-state index contributed by atoms with van der Waals surface area (Å²) in [4.78, 5) is 12.1. The van der Waals surface area contributed by atoms with Gasteiger partial charge in [-0.3, -0.25) is 0 Å². The molecule has 1 unspecified atom stereocenters. The topological polar surface area (TPSA) is 73.1 Å². The second-order valence-corrected chi connectivity index (χ2v) is 5.02. The molecule has 5 heteroatoms. The van der Waals surface area contributed by atoms with Crippen LogP contribution in [0.2, 0.25) is 0 Å². The maximum Gasteiger partial charge on any atom is 0.326 e. The Balaban J connectivity index is 2.96. The molecule has 0 bridgehead atoms. The number of nitrogens with zero attached hydrogens (tertiary/aromatic N) is 1. The first kappa shape index (κ1) is 15.4. The van der Waals surface area contributed by atoms with E-state index in [4.69, 9.17) is 0 Å². The number of rotatable bonds is 7. The van der Waals surface area contributed by atoms with Crippen molar-refractivity contribution in [3.63, 3.8) is 0 Å². The van der Waals surface area contributed by atoms with Gasteiger partial charge in [-0.05, 0) is 24.8 Å². The Bertz CT molecular complexity index is 483. The third-order valence-corrected chi connectivity index (χ3v) is 3.61. The standard InChI is InChI=1S/C14H18N2O2S/c1-3-4-6-12(14(17)18)16-11-7-5-8-13(19-2)10(11)9-15/h5,7-8,12,16H,3-4,6H2,1-2H3,(H,17,18). The predicted octanol–water partition coefficient (Wildman–Crippen LogP) is 3.34. The molecule has 1 aromatic rings. The first-order valence-corrected chi connectivity index (χ1v) is 7.43. The molecule has 0 spiro atoms. The van der Waals surface area contributed by atoms with Crippen LogP contribution in [-0.2, 0) is 4.79 Å². The number of anilines is 1. The minimum Gasteiger partial charge on any atom is -0.480 e. The summed E-state index contributed by atoms with van der Waals surface area (Å²) in [6, 6.07) is 6.92. The molecular formula is C14H18N2O2S. The Morgan fingerprint density at radius 1 is 1.58 bits per heavy atom. The SMILES string of the molecule is CCCCC(Nc1cccc(SC)c1C#N)C(=O)O. The largest absolute Gasteiger partial charge is 0.480 e. The summed E-state index contributed by atoms with van der Waals surface area (Å²) in [6.45, 7) is 2.02. The normalized spacial score (nSPS) is 11.6. The second-order valence-electron chi connectivity index (χ2n) is 4.17. The highest BCUT2D eigenvalue weighted by Crippen LogP contribution is 2.27. The van der Waals surface area contributed by atoms with Crippen LogP contribution in [0.3, 0.4) is 0 Å². The molecule has 0 aliphatic heterocycles. The Morgan fingerprint density at radius 3 is 2.84 bits per heavy atom. The molecule has 0 saturated carbocycles. The van der Waals surface area contributed by atoms with Crippen LogP contribution < -0.4 is 5.32 Å². The van der Waals surface area contributed by atoms with Crippen LogP contribution in [-0.4, -0.2) is 23.4 Å². The molecule has 2 N–H and O–H groups in total. The molecule has 0 heterocycles. The second kappa shape index (κ2) is 7.70. The Labute approximate surface area is 117 Å². The van der Waals surface area contributed by atoms with Crippen molar-refractivity contribution in [1.29, 1.82) is 5.26 Å². The van der Waals surface area contributed by atoms with Crippen molar-refractivity contribution < 1.29 is 9.90 Å². The number of thioether (sulfide) groups is 1. The smallest absolute Gasteiger partial charge is 0.326 e. The van der Waals surface area contributed by atoms with Gasteiger partial charge in [0.25, 0.3) is 0 Å². The zero-order valence-electron chi connectivity index (χ0n) is 11.1. The van der Waals surface area contributed by atoms with Gasteiger partial charge in [0.1, 0.15) is 12.1 Å². The van der Waals surface area contributed by atoms with Gasteiger partial charge in [0, 0.05) is 4.90 Å². The van der Waals surface area contributed by atoms with Gasteiger partial charge in [0.05, 0.1) is 11.3 Å². The fraction of sp³-hybridized carbons (Fsp3) is 0.429. The monoisotopic (exact) mass is 278 g/mol. The molecule has 4 nitrogen and oxygen atoms in total. The van der Waals surface area contributed by atoms with E-state index in [-0.39, 0.29) is 0 Å². The van der Waals surface area contributed by atoms with E-state index >= 15 is 0 Å². The summed E-state index contributed by atoms with van der Waals surface area (Å²) in [6.07, 6.45) is 4.24. The molecule has 0 amide bonds. The fourth-order valence-electron chi connectivity index (χ4n) is 1.79. The molecule has 1 aromatic carbocycles. The number of carboxylic acid groups (broad SMARTS) is 1. The van der Waals surface area contributed by atoms with Crippen molar-refractivity contribution >= 4 is 23.4 Å². The zero-order chi connectivity index (χ0) is 14.3. The molecular weight excluding hydrogens is 260 g/mol. The van der Waals surface area contributed by atoms with E-state index in [1.165, 1.54) is 11.8 Å². The van der Waals surface area contributed by atoms with Crippen molar-refractivity contribution in [3.8, 4) is 6.07 Å². The predicted molar refractivity (Wildman–Crippen MR) is 77.5 cm³/mol. The molecule has 0 saturated heterocycles. The summed E-state index contributed by atoms with van der Waals surface area (Å²) < 4.78 is 0. The molecule has 0 radical (unpaired) electrons. The zero-order valence-corrected chi connectivity index (χ0v) is 12.0. The third-order valence-electron chi connectivity index (χ3n) is 2.83. The van der Waals surface area contributed by atoms with Crippen LogP contribution in [0.4, 0.5) is 5.69 Å². The lowest BCUT2D eigenvalue weighted by molar-refractivity contribution is -0.138. The number of nitriles is 1. The molecule has 1 atom stereocenters. The minimum atomic E-state index is -0.883. The van der Waals surface area contributed by atoms with E-state index < -0.39 is 12.0 Å². The average Bonchev–Trinajstić information content (AvgIpc) is 2.42. The summed E-state index contributed by atoms with van der Waals surface area (Å²) in [7, 11) is 0. The molecule has 102 valence electrons. The quantitative estimate of drug-likeness (QED) is 0.748. The number of carbonyl (C=O) groups is 1. The van der Waals surface area contributed by atoms with Gasteiger partial charge >= 0.3 is 5.97 Å². The summed E-state index contributed by atoms with van der Waals surface area (Å²) in [5, 5.41) is 21.4. The van der Waals surface area contributed by atoms with Gasteiger partial charge in [-0.15, -0.1) is 11.8 Å². The van der Waals surface area contributed by atoms with Crippen LogP contribution in [0, 0.1) is 11.3 Å². The Morgan fingerprint density at radius 2 is 2.32 bits per heavy atom. The third kappa shape index (κ3) is 4.18. The van der Waals surface area contributed by atoms with Gasteiger partial charge in [-0.1, -0.05) is 25.8 Å². The van der Waals surface area contributed by atoms with Crippen LogP contribution in [0.15, 0.2) is 23.1 Å². The maximum atomic E-state index is 11.2. The van der Waals surface area contributed by atoms with E-state index in [0.717, 1.165) is 17.7 Å². The van der Waals surface area contributed by atoms with Gasteiger partial charge in [0.15, 0.2) is 0 Å². The molecule has 19 heavy (non-hydrogen) atoms. The van der Waals surface area contributed by atoms with Gasteiger partial charge < -0.3 is 10.4 Å². The van der Waals surface area contributed by atoms with Gasteiger partial charge in [-0.25, -0.2) is 4.79 Å². The first-order valence-electron chi connectivity index (χ1n) is 6.20.